The second kappa shape index (κ2) is 6.98. The summed E-state index contributed by atoms with van der Waals surface area (Å²) in [5, 5.41) is 23.4. The molecule has 1 aromatic heterocycles. The summed E-state index contributed by atoms with van der Waals surface area (Å²) < 4.78 is 5.63. The van der Waals surface area contributed by atoms with Crippen molar-refractivity contribution in [2.24, 2.45) is 0 Å². The van der Waals surface area contributed by atoms with Gasteiger partial charge in [-0.05, 0) is 25.0 Å². The fourth-order valence-electron chi connectivity index (χ4n) is 1.66. The summed E-state index contributed by atoms with van der Waals surface area (Å²) in [5.41, 5.74) is 0.778. The van der Waals surface area contributed by atoms with E-state index < -0.39 is 4.92 Å². The number of benzene rings is 1. The lowest BCUT2D eigenvalue weighted by atomic mass is 10.2. The van der Waals surface area contributed by atoms with Gasteiger partial charge in [0.25, 0.3) is 5.69 Å². The van der Waals surface area contributed by atoms with Gasteiger partial charge in [0.05, 0.1) is 4.92 Å². The largest absolute Gasteiger partial charge is 0.486 e. The van der Waals surface area contributed by atoms with Crippen molar-refractivity contribution in [2.45, 2.75) is 26.9 Å². The van der Waals surface area contributed by atoms with E-state index in [2.05, 4.69) is 22.4 Å². The van der Waals surface area contributed by atoms with Crippen LogP contribution in [0.4, 0.5) is 10.8 Å². The van der Waals surface area contributed by atoms with Crippen molar-refractivity contribution in [3.05, 3.63) is 38.9 Å². The predicted octanol–water partition coefficient (Wildman–Crippen LogP) is 3.16. The van der Waals surface area contributed by atoms with Crippen LogP contribution in [0.25, 0.3) is 0 Å². The van der Waals surface area contributed by atoms with Crippen molar-refractivity contribution in [2.75, 3.05) is 11.9 Å². The second-order valence-electron chi connectivity index (χ2n) is 4.42. The summed E-state index contributed by atoms with van der Waals surface area (Å²) in [4.78, 5) is 10.3. The Morgan fingerprint density at radius 2 is 2.24 bits per heavy atom. The summed E-state index contributed by atoms with van der Waals surface area (Å²) in [6.45, 7) is 5.01. The summed E-state index contributed by atoms with van der Waals surface area (Å²) >= 11 is 1.44. The van der Waals surface area contributed by atoms with Gasteiger partial charge in [-0.3, -0.25) is 10.1 Å². The van der Waals surface area contributed by atoms with Gasteiger partial charge in [-0.2, -0.15) is 0 Å². The summed E-state index contributed by atoms with van der Waals surface area (Å²) in [6, 6.07) is 4.52. The highest BCUT2D eigenvalue weighted by atomic mass is 32.1. The maximum absolute atomic E-state index is 10.7. The summed E-state index contributed by atoms with van der Waals surface area (Å²) in [7, 11) is 0. The molecule has 2 aromatic rings. The van der Waals surface area contributed by atoms with Crippen LogP contribution < -0.4 is 10.1 Å². The van der Waals surface area contributed by atoms with Crippen LogP contribution in [0.5, 0.6) is 5.75 Å². The molecule has 0 saturated heterocycles. The van der Waals surface area contributed by atoms with Crippen LogP contribution in [-0.4, -0.2) is 21.7 Å². The Morgan fingerprint density at radius 3 is 2.90 bits per heavy atom. The SMILES string of the molecule is CCCNc1nnc(COc2ccc([N+](=O)[O-])cc2C)s1. The quantitative estimate of drug-likeness (QED) is 0.624. The molecule has 0 fully saturated rings. The van der Waals surface area contributed by atoms with Gasteiger partial charge >= 0.3 is 0 Å². The van der Waals surface area contributed by atoms with Crippen molar-refractivity contribution in [3.8, 4) is 5.75 Å². The highest BCUT2D eigenvalue weighted by molar-refractivity contribution is 7.15. The van der Waals surface area contributed by atoms with Gasteiger partial charge in [0, 0.05) is 18.7 Å². The van der Waals surface area contributed by atoms with E-state index in [-0.39, 0.29) is 5.69 Å². The van der Waals surface area contributed by atoms with Crippen molar-refractivity contribution in [1.29, 1.82) is 0 Å². The Labute approximate surface area is 126 Å². The fraction of sp³-hybridized carbons (Fsp3) is 0.385. The molecule has 1 N–H and O–H groups in total. The average Bonchev–Trinajstić information content (AvgIpc) is 2.91. The van der Waals surface area contributed by atoms with Crippen LogP contribution in [-0.2, 0) is 6.61 Å². The molecule has 2 rings (SSSR count). The molecular formula is C13H16N4O3S. The molecule has 0 amide bonds. The van der Waals surface area contributed by atoms with E-state index in [0.29, 0.717) is 12.4 Å². The number of nitrogens with one attached hydrogen (secondary N) is 1. The van der Waals surface area contributed by atoms with Crippen LogP contribution in [0.1, 0.15) is 23.9 Å². The van der Waals surface area contributed by atoms with Crippen LogP contribution >= 0.6 is 11.3 Å². The molecule has 0 unspecified atom stereocenters. The minimum Gasteiger partial charge on any atom is -0.486 e. The van der Waals surface area contributed by atoms with Crippen LogP contribution in [0.2, 0.25) is 0 Å². The van der Waals surface area contributed by atoms with Crippen molar-refractivity contribution in [3.63, 3.8) is 0 Å². The van der Waals surface area contributed by atoms with E-state index in [0.717, 1.165) is 28.7 Å². The number of ether oxygens (including phenoxy) is 1. The molecular weight excluding hydrogens is 292 g/mol. The van der Waals surface area contributed by atoms with E-state index in [1.54, 1.807) is 13.0 Å². The molecule has 0 radical (unpaired) electrons. The smallest absolute Gasteiger partial charge is 0.269 e. The molecule has 7 nitrogen and oxygen atoms in total. The molecule has 1 aromatic carbocycles. The summed E-state index contributed by atoms with van der Waals surface area (Å²) in [5.74, 6) is 0.610. The van der Waals surface area contributed by atoms with E-state index >= 15 is 0 Å². The van der Waals surface area contributed by atoms with Crippen LogP contribution in [0, 0.1) is 17.0 Å². The van der Waals surface area contributed by atoms with Crippen LogP contribution in [0.3, 0.4) is 0 Å². The van der Waals surface area contributed by atoms with Gasteiger partial charge in [0.15, 0.2) is 5.01 Å². The molecule has 0 atom stereocenters. The lowest BCUT2D eigenvalue weighted by Crippen LogP contribution is -1.98. The Hall–Kier alpha value is -2.22. The third-order valence-corrected chi connectivity index (χ3v) is 3.57. The predicted molar refractivity (Wildman–Crippen MR) is 80.9 cm³/mol. The van der Waals surface area contributed by atoms with Crippen molar-refractivity contribution >= 4 is 22.2 Å². The van der Waals surface area contributed by atoms with Gasteiger partial charge in [-0.25, -0.2) is 0 Å². The fourth-order valence-corrected chi connectivity index (χ4v) is 2.34. The van der Waals surface area contributed by atoms with Gasteiger partial charge in [0.2, 0.25) is 5.13 Å². The van der Waals surface area contributed by atoms with Gasteiger partial charge in [-0.15, -0.1) is 10.2 Å². The van der Waals surface area contributed by atoms with Gasteiger partial charge in [0.1, 0.15) is 12.4 Å². The third kappa shape index (κ3) is 4.12. The maximum atomic E-state index is 10.7. The monoisotopic (exact) mass is 308 g/mol. The number of hydrogen-bond donors (Lipinski definition) is 1. The third-order valence-electron chi connectivity index (χ3n) is 2.71. The molecule has 8 heteroatoms. The number of anilines is 1. The average molecular weight is 308 g/mol. The first kappa shape index (κ1) is 15.2. The maximum Gasteiger partial charge on any atom is 0.269 e. The number of nitro groups is 1. The van der Waals surface area contributed by atoms with E-state index in [1.807, 2.05) is 0 Å². The molecule has 0 saturated carbocycles. The minimum absolute atomic E-state index is 0.0572. The normalized spacial score (nSPS) is 10.4. The molecule has 112 valence electrons. The van der Waals surface area contributed by atoms with Gasteiger partial charge in [-0.1, -0.05) is 18.3 Å². The van der Waals surface area contributed by atoms with E-state index in [9.17, 15) is 10.1 Å². The van der Waals surface area contributed by atoms with Crippen molar-refractivity contribution in [1.82, 2.24) is 10.2 Å². The molecule has 0 aliphatic rings. The molecule has 0 spiro atoms. The zero-order chi connectivity index (χ0) is 15.2. The number of aromatic nitrogens is 2. The second-order valence-corrected chi connectivity index (χ2v) is 5.49. The number of non-ortho nitro benzene ring substituents is 1. The first-order chi connectivity index (χ1) is 10.1. The first-order valence-electron chi connectivity index (χ1n) is 6.54. The summed E-state index contributed by atoms with van der Waals surface area (Å²) in [6.07, 6.45) is 1.02. The number of aryl methyl sites for hydroxylation is 1. The minimum atomic E-state index is -0.423. The zero-order valence-corrected chi connectivity index (χ0v) is 12.6. The molecule has 21 heavy (non-hydrogen) atoms. The number of hydrogen-bond acceptors (Lipinski definition) is 7. The highest BCUT2D eigenvalue weighted by Crippen LogP contribution is 2.25. The lowest BCUT2D eigenvalue weighted by molar-refractivity contribution is -0.384. The Bertz CT molecular complexity index is 630. The molecule has 0 aliphatic carbocycles. The first-order valence-corrected chi connectivity index (χ1v) is 7.36. The Morgan fingerprint density at radius 1 is 1.43 bits per heavy atom. The zero-order valence-electron chi connectivity index (χ0n) is 11.8. The Balaban J connectivity index is 1.96. The topological polar surface area (TPSA) is 90.2 Å². The van der Waals surface area contributed by atoms with E-state index in [4.69, 9.17) is 4.74 Å². The number of nitrogens with zero attached hydrogens (tertiary/aromatic N) is 3. The molecule has 0 aliphatic heterocycles. The van der Waals surface area contributed by atoms with Crippen molar-refractivity contribution < 1.29 is 9.66 Å². The van der Waals surface area contributed by atoms with Crippen LogP contribution in [0.15, 0.2) is 18.2 Å². The molecule has 1 heterocycles. The standard InChI is InChI=1S/C13H16N4O3S/c1-3-6-14-13-16-15-12(21-13)8-20-11-5-4-10(17(18)19)7-9(11)2/h4-5,7H,3,6,8H2,1-2H3,(H,14,16). The Kier molecular flexibility index (Phi) is 5.04. The van der Waals surface area contributed by atoms with E-state index in [1.165, 1.54) is 23.5 Å². The highest BCUT2D eigenvalue weighted by Gasteiger charge is 2.10. The molecule has 0 bridgehead atoms. The number of rotatable bonds is 7. The number of nitro benzene ring substituents is 1. The lowest BCUT2D eigenvalue weighted by Gasteiger charge is -2.06. The van der Waals surface area contributed by atoms with Gasteiger partial charge < -0.3 is 10.1 Å².